The van der Waals surface area contributed by atoms with Crippen LogP contribution in [0.15, 0.2) is 0 Å². The van der Waals surface area contributed by atoms with Gasteiger partial charge in [-0.3, -0.25) is 9.59 Å². The van der Waals surface area contributed by atoms with E-state index in [9.17, 15) is 9.59 Å². The minimum atomic E-state index is -0.573. The van der Waals surface area contributed by atoms with Crippen molar-refractivity contribution in [1.82, 2.24) is 4.90 Å². The molecule has 0 spiro atoms. The highest BCUT2D eigenvalue weighted by molar-refractivity contribution is 7.99. The van der Waals surface area contributed by atoms with Crippen molar-refractivity contribution in [3.05, 3.63) is 0 Å². The zero-order chi connectivity index (χ0) is 14.8. The van der Waals surface area contributed by atoms with E-state index >= 15 is 0 Å². The number of carbonyl (C=O) groups is 2. The second-order valence-electron chi connectivity index (χ2n) is 4.99. The number of nitrogens with two attached hydrogens (primary N) is 1. The smallest absolute Gasteiger partial charge is 0.322 e. The first-order valence-electron chi connectivity index (χ1n) is 7.43. The molecular formula is C14H26N2O3S. The quantitative estimate of drug-likeness (QED) is 0.568. The molecule has 0 aromatic carbocycles. The molecule has 0 aromatic rings. The van der Waals surface area contributed by atoms with E-state index in [0.717, 1.165) is 25.9 Å². The highest BCUT2D eigenvalue weighted by Gasteiger charge is 2.17. The van der Waals surface area contributed by atoms with Gasteiger partial charge in [-0.05, 0) is 31.9 Å². The summed E-state index contributed by atoms with van der Waals surface area (Å²) in [7, 11) is 0. The van der Waals surface area contributed by atoms with Gasteiger partial charge in [-0.25, -0.2) is 0 Å². The molecule has 5 nitrogen and oxygen atoms in total. The lowest BCUT2D eigenvalue weighted by atomic mass is 10.2. The summed E-state index contributed by atoms with van der Waals surface area (Å²) >= 11 is 1.55. The number of esters is 1. The van der Waals surface area contributed by atoms with Gasteiger partial charge in [-0.1, -0.05) is 12.8 Å². The molecule has 0 aromatic heterocycles. The Labute approximate surface area is 125 Å². The Morgan fingerprint density at radius 2 is 1.90 bits per heavy atom. The maximum absolute atomic E-state index is 12.0. The zero-order valence-corrected chi connectivity index (χ0v) is 13.1. The summed E-state index contributed by atoms with van der Waals surface area (Å²) in [5.41, 5.74) is 5.70. The van der Waals surface area contributed by atoms with E-state index in [-0.39, 0.29) is 11.9 Å². The third-order valence-corrected chi connectivity index (χ3v) is 4.32. The van der Waals surface area contributed by atoms with Gasteiger partial charge in [0.1, 0.15) is 6.04 Å². The fourth-order valence-corrected chi connectivity index (χ4v) is 3.07. The van der Waals surface area contributed by atoms with Gasteiger partial charge in [0.2, 0.25) is 5.91 Å². The van der Waals surface area contributed by atoms with Crippen molar-refractivity contribution in [2.45, 2.75) is 45.1 Å². The van der Waals surface area contributed by atoms with Gasteiger partial charge in [-0.2, -0.15) is 11.8 Å². The van der Waals surface area contributed by atoms with E-state index in [0.29, 0.717) is 24.5 Å². The lowest BCUT2D eigenvalue weighted by molar-refractivity contribution is -0.144. The van der Waals surface area contributed by atoms with Crippen LogP contribution >= 0.6 is 11.8 Å². The Hall–Kier alpha value is -0.750. The predicted octanol–water partition coefficient (Wildman–Crippen LogP) is 1.40. The number of rotatable bonds is 7. The molecule has 0 aliphatic carbocycles. The minimum absolute atomic E-state index is 0.210. The molecule has 0 saturated carbocycles. The van der Waals surface area contributed by atoms with E-state index in [1.807, 2.05) is 4.90 Å². The highest BCUT2D eigenvalue weighted by atomic mass is 32.2. The third kappa shape index (κ3) is 6.61. The number of hydrogen-bond donors (Lipinski definition) is 1. The number of nitrogens with zero attached hydrogens (tertiary/aromatic N) is 1. The number of thioether (sulfide) groups is 1. The van der Waals surface area contributed by atoms with Gasteiger partial charge in [0.15, 0.2) is 0 Å². The maximum Gasteiger partial charge on any atom is 0.322 e. The molecule has 6 heteroatoms. The van der Waals surface area contributed by atoms with E-state index < -0.39 is 6.04 Å². The van der Waals surface area contributed by atoms with Crippen LogP contribution < -0.4 is 5.73 Å². The molecule has 0 radical (unpaired) electrons. The van der Waals surface area contributed by atoms with Crippen LogP contribution in [0.5, 0.6) is 0 Å². The first-order valence-corrected chi connectivity index (χ1v) is 8.58. The van der Waals surface area contributed by atoms with E-state index in [2.05, 4.69) is 0 Å². The highest BCUT2D eigenvalue weighted by Crippen LogP contribution is 2.12. The zero-order valence-electron chi connectivity index (χ0n) is 12.3. The molecule has 1 saturated heterocycles. The Bertz CT molecular complexity index is 305. The van der Waals surface area contributed by atoms with Crippen LogP contribution in [0.25, 0.3) is 0 Å². The fraction of sp³-hybridized carbons (Fsp3) is 0.857. The lowest BCUT2D eigenvalue weighted by Gasteiger charge is -2.20. The predicted molar refractivity (Wildman–Crippen MR) is 81.6 cm³/mol. The third-order valence-electron chi connectivity index (χ3n) is 3.35. The summed E-state index contributed by atoms with van der Waals surface area (Å²) < 4.78 is 4.84. The van der Waals surface area contributed by atoms with Gasteiger partial charge >= 0.3 is 5.97 Å². The summed E-state index contributed by atoms with van der Waals surface area (Å²) in [5, 5.41) is 0. The lowest BCUT2D eigenvalue weighted by Crippen LogP contribution is -2.34. The summed E-state index contributed by atoms with van der Waals surface area (Å²) in [5.74, 6) is 1.04. The van der Waals surface area contributed by atoms with Crippen molar-refractivity contribution in [3.8, 4) is 0 Å². The Kier molecular flexibility index (Phi) is 8.69. The molecule has 1 rings (SSSR count). The first-order chi connectivity index (χ1) is 9.65. The van der Waals surface area contributed by atoms with Crippen molar-refractivity contribution in [3.63, 3.8) is 0 Å². The van der Waals surface area contributed by atoms with Gasteiger partial charge in [0, 0.05) is 13.1 Å². The second-order valence-corrected chi connectivity index (χ2v) is 6.10. The monoisotopic (exact) mass is 302 g/mol. The minimum Gasteiger partial charge on any atom is -0.465 e. The van der Waals surface area contributed by atoms with Crippen molar-refractivity contribution in [2.24, 2.45) is 5.73 Å². The molecule has 2 N–H and O–H groups in total. The molecule has 1 amide bonds. The average molecular weight is 302 g/mol. The largest absolute Gasteiger partial charge is 0.465 e. The number of ether oxygens (including phenoxy) is 1. The van der Waals surface area contributed by atoms with Crippen molar-refractivity contribution < 1.29 is 14.3 Å². The summed E-state index contributed by atoms with van der Waals surface area (Å²) in [4.78, 5) is 25.3. The van der Waals surface area contributed by atoms with Gasteiger partial charge in [0.25, 0.3) is 0 Å². The molecule has 1 aliphatic heterocycles. The summed E-state index contributed by atoms with van der Waals surface area (Å²) in [6, 6.07) is -0.573. The number of amides is 1. The average Bonchev–Trinajstić information content (AvgIpc) is 2.72. The van der Waals surface area contributed by atoms with Crippen molar-refractivity contribution >= 4 is 23.6 Å². The normalized spacial score (nSPS) is 17.4. The molecule has 116 valence electrons. The SMILES string of the molecule is CCOC(=O)C(N)CCSCC(=O)N1CCCCCC1. The van der Waals surface area contributed by atoms with Crippen molar-refractivity contribution in [2.75, 3.05) is 31.2 Å². The first kappa shape index (κ1) is 17.3. The Morgan fingerprint density at radius 1 is 1.25 bits per heavy atom. The van der Waals surface area contributed by atoms with Crippen LogP contribution in [0, 0.1) is 0 Å². The number of hydrogen-bond acceptors (Lipinski definition) is 5. The van der Waals surface area contributed by atoms with Crippen LogP contribution in [0.1, 0.15) is 39.0 Å². The Morgan fingerprint density at radius 3 is 2.50 bits per heavy atom. The maximum atomic E-state index is 12.0. The van der Waals surface area contributed by atoms with E-state index in [1.54, 1.807) is 18.7 Å². The van der Waals surface area contributed by atoms with Crippen molar-refractivity contribution in [1.29, 1.82) is 0 Å². The molecule has 20 heavy (non-hydrogen) atoms. The molecule has 1 atom stereocenters. The van der Waals surface area contributed by atoms with Crippen LogP contribution in [-0.4, -0.2) is 54.0 Å². The van der Waals surface area contributed by atoms with Gasteiger partial charge < -0.3 is 15.4 Å². The molecule has 1 aliphatic rings. The molecule has 1 heterocycles. The summed E-state index contributed by atoms with van der Waals surface area (Å²) in [6.45, 7) is 3.90. The van der Waals surface area contributed by atoms with Crippen LogP contribution in [-0.2, 0) is 14.3 Å². The van der Waals surface area contributed by atoms with Gasteiger partial charge in [0.05, 0.1) is 12.4 Å². The fourth-order valence-electron chi connectivity index (χ4n) is 2.15. The second kappa shape index (κ2) is 10.0. The van der Waals surface area contributed by atoms with Crippen LogP contribution in [0.4, 0.5) is 0 Å². The van der Waals surface area contributed by atoms with E-state index in [1.165, 1.54) is 12.8 Å². The molecular weight excluding hydrogens is 276 g/mol. The Balaban J connectivity index is 2.13. The van der Waals surface area contributed by atoms with Crippen LogP contribution in [0.2, 0.25) is 0 Å². The number of likely N-dealkylation sites (tertiary alicyclic amines) is 1. The summed E-state index contributed by atoms with van der Waals surface area (Å²) in [6.07, 6.45) is 5.24. The molecule has 1 unspecified atom stereocenters. The molecule has 0 bridgehead atoms. The standard InChI is InChI=1S/C14H26N2O3S/c1-2-19-14(18)12(15)7-10-20-11-13(17)16-8-5-3-4-6-9-16/h12H,2-11,15H2,1H3. The van der Waals surface area contributed by atoms with Gasteiger partial charge in [-0.15, -0.1) is 0 Å². The number of carbonyl (C=O) groups excluding carboxylic acids is 2. The van der Waals surface area contributed by atoms with Crippen LogP contribution in [0.3, 0.4) is 0 Å². The topological polar surface area (TPSA) is 72.6 Å². The molecule has 1 fully saturated rings. The van der Waals surface area contributed by atoms with E-state index in [4.69, 9.17) is 10.5 Å².